The van der Waals surface area contributed by atoms with Crippen molar-refractivity contribution < 1.29 is 27.5 Å². The molecule has 0 spiro atoms. The van der Waals surface area contributed by atoms with Gasteiger partial charge in [0.25, 0.3) is 5.91 Å². The maximum absolute atomic E-state index is 13.6. The molecule has 0 unspecified atom stereocenters. The molecule has 1 aromatic heterocycles. The lowest BCUT2D eigenvalue weighted by atomic mass is 10.1. The predicted octanol–water partition coefficient (Wildman–Crippen LogP) is 4.10. The number of esters is 1. The number of hydrogen-bond acceptors (Lipinski definition) is 11. The number of carbonyl (C=O) groups is 2. The number of methoxy groups -OCH3 is 1. The Labute approximate surface area is 257 Å². The van der Waals surface area contributed by atoms with Gasteiger partial charge in [-0.1, -0.05) is 12.1 Å². The van der Waals surface area contributed by atoms with Crippen LogP contribution in [0.3, 0.4) is 0 Å². The van der Waals surface area contributed by atoms with Crippen molar-refractivity contribution in [1.82, 2.24) is 20.2 Å². The highest BCUT2D eigenvalue weighted by Gasteiger charge is 2.40. The van der Waals surface area contributed by atoms with E-state index in [0.717, 1.165) is 5.56 Å². The highest BCUT2D eigenvalue weighted by atomic mass is 32.2. The first kappa shape index (κ1) is 31.2. The van der Waals surface area contributed by atoms with Crippen LogP contribution < -0.4 is 20.7 Å². The molecule has 0 aliphatic carbocycles. The van der Waals surface area contributed by atoms with E-state index in [1.807, 2.05) is 26.8 Å². The van der Waals surface area contributed by atoms with Crippen molar-refractivity contribution in [3.63, 3.8) is 0 Å². The molecule has 0 bridgehead atoms. The number of nitrogens with one attached hydrogen (secondary N) is 3. The van der Waals surface area contributed by atoms with E-state index in [2.05, 4.69) is 25.9 Å². The van der Waals surface area contributed by atoms with E-state index >= 15 is 0 Å². The van der Waals surface area contributed by atoms with Crippen LogP contribution in [0, 0.1) is 6.92 Å². The van der Waals surface area contributed by atoms with Gasteiger partial charge in [-0.15, -0.1) is 0 Å². The van der Waals surface area contributed by atoms with E-state index in [4.69, 9.17) is 9.47 Å². The summed E-state index contributed by atoms with van der Waals surface area (Å²) in [6, 6.07) is 9.72. The molecule has 3 heterocycles. The van der Waals surface area contributed by atoms with E-state index in [1.54, 1.807) is 55.3 Å². The second kappa shape index (κ2) is 12.4. The SMILES string of the molecule is COC(=O)[C@@H]1C[C@@H](N2Cc3cc(OC(C)C)c(Nc4ncc(C)c(Nc5ccccc5S(=O)(=O)C(C)C)n4)cc3C2=O)CN1. The number of anilines is 4. The predicted molar refractivity (Wildman–Crippen MR) is 166 cm³/mol. The molecule has 5 rings (SSSR count). The molecule has 0 saturated carbocycles. The Kier molecular flexibility index (Phi) is 8.80. The first-order valence-corrected chi connectivity index (χ1v) is 16.1. The molecule has 3 aromatic rings. The fourth-order valence-corrected chi connectivity index (χ4v) is 6.53. The first-order chi connectivity index (χ1) is 20.9. The average Bonchev–Trinajstić information content (AvgIpc) is 3.59. The molecular formula is C31H38N6O6S. The lowest BCUT2D eigenvalue weighted by molar-refractivity contribution is -0.142. The molecule has 2 aliphatic rings. The van der Waals surface area contributed by atoms with Gasteiger partial charge in [0.15, 0.2) is 9.84 Å². The number of carbonyl (C=O) groups excluding carboxylic acids is 2. The third-order valence-electron chi connectivity index (χ3n) is 7.72. The topological polar surface area (TPSA) is 152 Å². The maximum Gasteiger partial charge on any atom is 0.322 e. The number of hydrogen-bond donors (Lipinski definition) is 3. The summed E-state index contributed by atoms with van der Waals surface area (Å²) in [6.07, 6.45) is 1.96. The van der Waals surface area contributed by atoms with Crippen molar-refractivity contribution in [2.24, 2.45) is 0 Å². The lowest BCUT2D eigenvalue weighted by Gasteiger charge is -2.22. The van der Waals surface area contributed by atoms with Gasteiger partial charge in [-0.2, -0.15) is 4.98 Å². The van der Waals surface area contributed by atoms with Crippen LogP contribution in [-0.4, -0.2) is 72.3 Å². The van der Waals surface area contributed by atoms with Crippen LogP contribution in [0.4, 0.5) is 23.1 Å². The molecule has 1 fully saturated rings. The van der Waals surface area contributed by atoms with Crippen molar-refractivity contribution >= 4 is 44.9 Å². The number of fused-ring (bicyclic) bond motifs is 1. The minimum Gasteiger partial charge on any atom is -0.489 e. The number of nitrogens with zero attached hydrogens (tertiary/aromatic N) is 3. The van der Waals surface area contributed by atoms with Gasteiger partial charge in [-0.05, 0) is 70.9 Å². The molecule has 1 amide bonds. The van der Waals surface area contributed by atoms with E-state index in [-0.39, 0.29) is 34.9 Å². The van der Waals surface area contributed by atoms with Crippen molar-refractivity contribution in [3.05, 3.63) is 59.3 Å². The summed E-state index contributed by atoms with van der Waals surface area (Å²) in [7, 11) is -2.19. The van der Waals surface area contributed by atoms with Crippen molar-refractivity contribution in [2.45, 2.75) is 75.9 Å². The lowest BCUT2D eigenvalue weighted by Crippen LogP contribution is -2.36. The minimum atomic E-state index is -3.55. The van der Waals surface area contributed by atoms with Gasteiger partial charge in [0.1, 0.15) is 17.6 Å². The average molecular weight is 623 g/mol. The van der Waals surface area contributed by atoms with E-state index in [1.165, 1.54) is 7.11 Å². The van der Waals surface area contributed by atoms with Crippen LogP contribution in [0.5, 0.6) is 5.75 Å². The number of aryl methyl sites for hydroxylation is 1. The number of aromatic nitrogens is 2. The quantitative estimate of drug-likeness (QED) is 0.280. The van der Waals surface area contributed by atoms with Crippen LogP contribution in [0.2, 0.25) is 0 Å². The number of ether oxygens (including phenoxy) is 2. The smallest absolute Gasteiger partial charge is 0.322 e. The zero-order chi connectivity index (χ0) is 31.8. The first-order valence-electron chi connectivity index (χ1n) is 14.5. The van der Waals surface area contributed by atoms with Gasteiger partial charge in [0.2, 0.25) is 5.95 Å². The number of amides is 1. The minimum absolute atomic E-state index is 0.133. The third kappa shape index (κ3) is 6.20. The zero-order valence-electron chi connectivity index (χ0n) is 25.7. The van der Waals surface area contributed by atoms with E-state index in [0.29, 0.717) is 53.6 Å². The molecule has 2 aromatic carbocycles. The molecule has 44 heavy (non-hydrogen) atoms. The van der Waals surface area contributed by atoms with Gasteiger partial charge in [-0.25, -0.2) is 13.4 Å². The van der Waals surface area contributed by atoms with Gasteiger partial charge in [0, 0.05) is 36.5 Å². The maximum atomic E-state index is 13.6. The Morgan fingerprint density at radius 3 is 2.57 bits per heavy atom. The van der Waals surface area contributed by atoms with Crippen LogP contribution in [-0.2, 0) is 25.9 Å². The molecule has 13 heteroatoms. The molecule has 2 atom stereocenters. The molecule has 234 valence electrons. The van der Waals surface area contributed by atoms with Gasteiger partial charge >= 0.3 is 5.97 Å². The molecule has 2 aliphatic heterocycles. The van der Waals surface area contributed by atoms with E-state index < -0.39 is 21.1 Å². The summed E-state index contributed by atoms with van der Waals surface area (Å²) in [4.78, 5) is 36.6. The molecule has 3 N–H and O–H groups in total. The fourth-order valence-electron chi connectivity index (χ4n) is 5.33. The Morgan fingerprint density at radius 1 is 1.11 bits per heavy atom. The van der Waals surface area contributed by atoms with Crippen molar-refractivity contribution in [3.8, 4) is 5.75 Å². The number of para-hydroxylation sites is 1. The van der Waals surface area contributed by atoms with E-state index in [9.17, 15) is 18.0 Å². The second-order valence-corrected chi connectivity index (χ2v) is 14.0. The zero-order valence-corrected chi connectivity index (χ0v) is 26.5. The highest BCUT2D eigenvalue weighted by molar-refractivity contribution is 7.92. The summed E-state index contributed by atoms with van der Waals surface area (Å²) >= 11 is 0. The normalized spacial score (nSPS) is 18.1. The number of sulfone groups is 1. The monoisotopic (exact) mass is 622 g/mol. The summed E-state index contributed by atoms with van der Waals surface area (Å²) in [6.45, 7) is 9.84. The Balaban J connectivity index is 1.43. The summed E-state index contributed by atoms with van der Waals surface area (Å²) in [5.41, 5.74) is 3.00. The van der Waals surface area contributed by atoms with Gasteiger partial charge < -0.3 is 30.3 Å². The Hall–Kier alpha value is -4.23. The fraction of sp³-hybridized carbons (Fsp3) is 0.419. The van der Waals surface area contributed by atoms with Crippen LogP contribution >= 0.6 is 0 Å². The van der Waals surface area contributed by atoms with Gasteiger partial charge in [-0.3, -0.25) is 9.59 Å². The van der Waals surface area contributed by atoms with Crippen molar-refractivity contribution in [1.29, 1.82) is 0 Å². The Morgan fingerprint density at radius 2 is 1.86 bits per heavy atom. The summed E-state index contributed by atoms with van der Waals surface area (Å²) < 4.78 is 37.0. The Bertz CT molecular complexity index is 1690. The molecule has 1 saturated heterocycles. The van der Waals surface area contributed by atoms with Crippen LogP contribution in [0.15, 0.2) is 47.5 Å². The largest absolute Gasteiger partial charge is 0.489 e. The summed E-state index contributed by atoms with van der Waals surface area (Å²) in [5.74, 6) is 0.730. The number of rotatable bonds is 10. The molecular weight excluding hydrogens is 584 g/mol. The molecule has 0 radical (unpaired) electrons. The van der Waals surface area contributed by atoms with Gasteiger partial charge in [0.05, 0.1) is 34.7 Å². The van der Waals surface area contributed by atoms with Crippen LogP contribution in [0.25, 0.3) is 0 Å². The van der Waals surface area contributed by atoms with Crippen LogP contribution in [0.1, 0.15) is 55.6 Å². The standard InChI is InChI=1S/C31H38N6O6S/c1-17(2)43-26-11-20-16-37(21-12-25(32-15-21)30(39)42-6)29(38)22(20)13-24(26)35-31-33-14-19(5)28(36-31)34-23-9-7-8-10-27(23)44(40,41)18(3)4/h7-11,13-14,17-18,21,25,32H,12,15-16H2,1-6H3,(H2,33,34,35,36)/t21-,25+/m1/s1. The third-order valence-corrected chi connectivity index (χ3v) is 9.93. The summed E-state index contributed by atoms with van der Waals surface area (Å²) in [5, 5.41) is 8.94. The number of benzene rings is 2. The highest BCUT2D eigenvalue weighted by Crippen LogP contribution is 2.37. The van der Waals surface area contributed by atoms with Crippen molar-refractivity contribution in [2.75, 3.05) is 24.3 Å². The second-order valence-electron chi connectivity index (χ2n) is 11.5. The molecule has 12 nitrogen and oxygen atoms in total.